The number of anilines is 1. The average molecular weight is 577 g/mol. The first-order chi connectivity index (χ1) is 20.0. The Hall–Kier alpha value is -3.82. The van der Waals surface area contributed by atoms with Gasteiger partial charge in [-0.2, -0.15) is 13.2 Å². The number of alkyl halides is 3. The lowest BCUT2D eigenvalue weighted by molar-refractivity contribution is -0.138. The number of allylic oxidation sites excluding steroid dienone is 1. The third-order valence-electron chi connectivity index (χ3n) is 7.98. The summed E-state index contributed by atoms with van der Waals surface area (Å²) in [7, 11) is 2.00. The number of aromatic nitrogens is 1. The van der Waals surface area contributed by atoms with Gasteiger partial charge < -0.3 is 10.2 Å². The summed E-state index contributed by atoms with van der Waals surface area (Å²) in [5.74, 6) is -0.508. The molecule has 0 radical (unpaired) electrons. The van der Waals surface area contributed by atoms with Gasteiger partial charge in [0.1, 0.15) is 0 Å². The first-order valence-corrected chi connectivity index (χ1v) is 14.3. The quantitative estimate of drug-likeness (QED) is 0.349. The number of nitrogens with one attached hydrogen (secondary N) is 1. The molecular weight excluding hydrogens is 541 g/mol. The number of aryl methyl sites for hydroxylation is 2. The molecule has 0 bridgehead atoms. The Bertz CT molecular complexity index is 1510. The molecule has 3 aromatic rings. The number of carbonyl (C=O) groups excluding carboxylic acids is 2. The Morgan fingerprint density at radius 3 is 2.48 bits per heavy atom. The standard InChI is InChI=1S/C33H35F3N4O2/c1-22(41)27-17-28-15-24(20-37-31(28)19-27)7-3-5-23-6-4-8-29(16-23)38-32(42)25-9-10-26(30(18-25)33(34,35)36)21-40-13-11-39(2)12-14-40/h4,6,8-10,15-18,20H,3,5,7,11-14,19,21H2,1-2H3,(H,38,42). The van der Waals surface area contributed by atoms with Gasteiger partial charge >= 0.3 is 6.18 Å². The number of likely N-dealkylation sites (N-methyl/N-ethyl adjacent to an activating group) is 1. The molecule has 1 aliphatic carbocycles. The molecule has 5 rings (SSSR count). The Morgan fingerprint density at radius 2 is 1.74 bits per heavy atom. The maximum absolute atomic E-state index is 14.0. The van der Waals surface area contributed by atoms with Gasteiger partial charge in [0, 0.05) is 62.2 Å². The summed E-state index contributed by atoms with van der Waals surface area (Å²) >= 11 is 0. The van der Waals surface area contributed by atoms with Crippen molar-refractivity contribution in [1.29, 1.82) is 0 Å². The number of benzene rings is 2. The van der Waals surface area contributed by atoms with Crippen molar-refractivity contribution in [3.05, 3.63) is 99.4 Å². The number of pyridine rings is 1. The third kappa shape index (κ3) is 7.33. The molecule has 1 aromatic heterocycles. The Labute approximate surface area is 244 Å². The molecule has 0 saturated carbocycles. The highest BCUT2D eigenvalue weighted by molar-refractivity contribution is 6.04. The highest BCUT2D eigenvalue weighted by atomic mass is 19.4. The SMILES string of the molecule is CC(=O)C1=Cc2cc(CCCc3cccc(NC(=O)c4ccc(CN5CCN(C)CC5)c(C(F)(F)F)c4)c3)cnc2C1. The molecule has 1 saturated heterocycles. The van der Waals surface area contributed by atoms with Gasteiger partial charge in [-0.05, 0) is 91.9 Å². The second kappa shape index (κ2) is 12.6. The minimum Gasteiger partial charge on any atom is -0.322 e. The average Bonchev–Trinajstić information content (AvgIpc) is 3.38. The van der Waals surface area contributed by atoms with E-state index in [4.69, 9.17) is 0 Å². The van der Waals surface area contributed by atoms with Crippen molar-refractivity contribution in [2.45, 2.75) is 45.3 Å². The summed E-state index contributed by atoms with van der Waals surface area (Å²) in [6.45, 7) is 4.80. The molecule has 2 aliphatic rings. The van der Waals surface area contributed by atoms with E-state index in [1.807, 2.05) is 42.4 Å². The van der Waals surface area contributed by atoms with Crippen molar-refractivity contribution in [3.8, 4) is 0 Å². The molecule has 220 valence electrons. The van der Waals surface area contributed by atoms with Crippen molar-refractivity contribution >= 4 is 23.5 Å². The van der Waals surface area contributed by atoms with Gasteiger partial charge in [-0.15, -0.1) is 0 Å². The number of hydrogen-bond acceptors (Lipinski definition) is 5. The number of amides is 1. The molecule has 6 nitrogen and oxygen atoms in total. The van der Waals surface area contributed by atoms with E-state index in [0.717, 1.165) is 66.4 Å². The summed E-state index contributed by atoms with van der Waals surface area (Å²) in [5.41, 5.74) is 4.74. The van der Waals surface area contributed by atoms with E-state index < -0.39 is 17.6 Å². The number of halogens is 3. The zero-order valence-electron chi connectivity index (χ0n) is 23.9. The minimum atomic E-state index is -4.56. The van der Waals surface area contributed by atoms with Gasteiger partial charge in [-0.3, -0.25) is 19.5 Å². The summed E-state index contributed by atoms with van der Waals surface area (Å²) in [6, 6.07) is 13.3. The number of fused-ring (bicyclic) bond motifs is 1. The summed E-state index contributed by atoms with van der Waals surface area (Å²) < 4.78 is 41.9. The number of hydrogen-bond donors (Lipinski definition) is 1. The molecule has 1 amide bonds. The third-order valence-corrected chi connectivity index (χ3v) is 7.98. The number of Topliss-reactive ketones (excluding diaryl/α,β-unsaturated/α-hetero) is 1. The van der Waals surface area contributed by atoms with Crippen LogP contribution in [-0.4, -0.2) is 59.7 Å². The molecule has 42 heavy (non-hydrogen) atoms. The molecule has 9 heteroatoms. The summed E-state index contributed by atoms with van der Waals surface area (Å²) in [6.07, 6.45) is 2.22. The van der Waals surface area contributed by atoms with E-state index in [9.17, 15) is 22.8 Å². The van der Waals surface area contributed by atoms with Gasteiger partial charge in [-0.25, -0.2) is 0 Å². The first-order valence-electron chi connectivity index (χ1n) is 14.3. The van der Waals surface area contributed by atoms with Gasteiger partial charge in [0.2, 0.25) is 0 Å². The van der Waals surface area contributed by atoms with E-state index in [2.05, 4.69) is 21.3 Å². The predicted octanol–water partition coefficient (Wildman–Crippen LogP) is 5.80. The van der Waals surface area contributed by atoms with Crippen LogP contribution in [0, 0.1) is 0 Å². The van der Waals surface area contributed by atoms with E-state index in [0.29, 0.717) is 25.2 Å². The van der Waals surface area contributed by atoms with Crippen molar-refractivity contribution in [3.63, 3.8) is 0 Å². The van der Waals surface area contributed by atoms with Crippen LogP contribution in [0.3, 0.4) is 0 Å². The number of rotatable bonds is 9. The van der Waals surface area contributed by atoms with Crippen LogP contribution in [0.1, 0.15) is 57.2 Å². The fourth-order valence-corrected chi connectivity index (χ4v) is 5.48. The van der Waals surface area contributed by atoms with Crippen molar-refractivity contribution in [2.24, 2.45) is 0 Å². The van der Waals surface area contributed by atoms with Crippen LogP contribution < -0.4 is 5.32 Å². The van der Waals surface area contributed by atoms with Crippen LogP contribution >= 0.6 is 0 Å². The number of carbonyl (C=O) groups is 2. The van der Waals surface area contributed by atoms with E-state index >= 15 is 0 Å². The lowest BCUT2D eigenvalue weighted by atomic mass is 10.0. The molecule has 2 aromatic carbocycles. The van der Waals surface area contributed by atoms with Crippen LogP contribution in [0.2, 0.25) is 0 Å². The number of piperazine rings is 1. The Morgan fingerprint density at radius 1 is 0.976 bits per heavy atom. The topological polar surface area (TPSA) is 65.5 Å². The van der Waals surface area contributed by atoms with Gasteiger partial charge in [0.15, 0.2) is 5.78 Å². The van der Waals surface area contributed by atoms with Crippen molar-refractivity contribution in [2.75, 3.05) is 38.5 Å². The number of ketones is 1. The second-order valence-electron chi connectivity index (χ2n) is 11.2. The largest absolute Gasteiger partial charge is 0.416 e. The molecule has 0 unspecified atom stereocenters. The van der Waals surface area contributed by atoms with Crippen molar-refractivity contribution < 1.29 is 22.8 Å². The van der Waals surface area contributed by atoms with E-state index in [1.54, 1.807) is 13.0 Å². The lowest BCUT2D eigenvalue weighted by Gasteiger charge is -2.33. The number of nitrogens with zero attached hydrogens (tertiary/aromatic N) is 3. The van der Waals surface area contributed by atoms with E-state index in [1.165, 1.54) is 12.1 Å². The van der Waals surface area contributed by atoms with Gasteiger partial charge in [0.05, 0.1) is 11.3 Å². The Kier molecular flexibility index (Phi) is 8.89. The first kappa shape index (κ1) is 29.7. The fraction of sp³-hybridized carbons (Fsp3) is 0.364. The molecule has 1 aliphatic heterocycles. The fourth-order valence-electron chi connectivity index (χ4n) is 5.48. The second-order valence-corrected chi connectivity index (χ2v) is 11.2. The normalized spacial score (nSPS) is 15.8. The summed E-state index contributed by atoms with van der Waals surface area (Å²) in [4.78, 5) is 33.3. The lowest BCUT2D eigenvalue weighted by Crippen LogP contribution is -2.44. The highest BCUT2D eigenvalue weighted by Crippen LogP contribution is 2.34. The highest BCUT2D eigenvalue weighted by Gasteiger charge is 2.34. The predicted molar refractivity (Wildman–Crippen MR) is 157 cm³/mol. The molecule has 1 N–H and O–H groups in total. The monoisotopic (exact) mass is 576 g/mol. The van der Waals surface area contributed by atoms with Crippen LogP contribution in [0.15, 0.2) is 60.3 Å². The van der Waals surface area contributed by atoms with Crippen LogP contribution in [0.4, 0.5) is 18.9 Å². The maximum Gasteiger partial charge on any atom is 0.416 e. The van der Waals surface area contributed by atoms with Crippen LogP contribution in [0.25, 0.3) is 6.08 Å². The molecule has 2 heterocycles. The molecular formula is C33H35F3N4O2. The van der Waals surface area contributed by atoms with Crippen molar-refractivity contribution in [1.82, 2.24) is 14.8 Å². The zero-order valence-corrected chi connectivity index (χ0v) is 23.9. The van der Waals surface area contributed by atoms with Crippen LogP contribution in [-0.2, 0) is 36.8 Å². The van der Waals surface area contributed by atoms with Crippen LogP contribution in [0.5, 0.6) is 0 Å². The zero-order chi connectivity index (χ0) is 29.9. The van der Waals surface area contributed by atoms with Gasteiger partial charge in [0.25, 0.3) is 5.91 Å². The molecule has 0 spiro atoms. The molecule has 0 atom stereocenters. The summed E-state index contributed by atoms with van der Waals surface area (Å²) in [5, 5.41) is 2.77. The minimum absolute atomic E-state index is 0.0269. The smallest absolute Gasteiger partial charge is 0.322 e. The van der Waals surface area contributed by atoms with E-state index in [-0.39, 0.29) is 23.5 Å². The van der Waals surface area contributed by atoms with Gasteiger partial charge in [-0.1, -0.05) is 18.2 Å². The molecule has 1 fully saturated rings. The Balaban J connectivity index is 1.20. The maximum atomic E-state index is 14.0.